The molecule has 32 heavy (non-hydrogen) atoms. The third-order valence-electron chi connectivity index (χ3n) is 5.02. The van der Waals surface area contributed by atoms with Crippen LogP contribution in [0.3, 0.4) is 0 Å². The zero-order valence-corrected chi connectivity index (χ0v) is 20.2. The van der Waals surface area contributed by atoms with Gasteiger partial charge in [0.1, 0.15) is 18.1 Å². The van der Waals surface area contributed by atoms with Crippen LogP contribution in [-0.2, 0) is 24.0 Å². The van der Waals surface area contributed by atoms with Gasteiger partial charge in [0, 0.05) is 0 Å². The van der Waals surface area contributed by atoms with Gasteiger partial charge in [-0.2, -0.15) is 11.8 Å². The minimum absolute atomic E-state index is 0.242. The summed E-state index contributed by atoms with van der Waals surface area (Å²) >= 11 is 1.46. The average molecular weight is 476 g/mol. The summed E-state index contributed by atoms with van der Waals surface area (Å²) in [5, 5.41) is 17.0. The highest BCUT2D eigenvalue weighted by molar-refractivity contribution is 7.98. The predicted octanol–water partition coefficient (Wildman–Crippen LogP) is -0.817. The summed E-state index contributed by atoms with van der Waals surface area (Å²) in [6.07, 6.45) is 2.25. The van der Waals surface area contributed by atoms with E-state index in [1.165, 1.54) is 11.8 Å². The number of primary amides is 1. The van der Waals surface area contributed by atoms with E-state index < -0.39 is 53.8 Å². The fraction of sp³-hybridized carbons (Fsp3) is 0.750. The van der Waals surface area contributed by atoms with Gasteiger partial charge < -0.3 is 32.5 Å². The van der Waals surface area contributed by atoms with Crippen molar-refractivity contribution in [2.24, 2.45) is 23.3 Å². The molecule has 5 atom stereocenters. The Bertz CT molecular complexity index is 675. The molecule has 8 N–H and O–H groups in total. The molecule has 0 rings (SSSR count). The average Bonchev–Trinajstić information content (AvgIpc) is 2.70. The van der Waals surface area contributed by atoms with E-state index in [4.69, 9.17) is 11.5 Å². The first kappa shape index (κ1) is 29.7. The molecule has 11 nitrogen and oxygen atoms in total. The van der Waals surface area contributed by atoms with Crippen molar-refractivity contribution in [3.63, 3.8) is 0 Å². The molecule has 0 radical (unpaired) electrons. The summed E-state index contributed by atoms with van der Waals surface area (Å²) in [5.74, 6) is -3.95. The third-order valence-corrected chi connectivity index (χ3v) is 5.67. The molecule has 0 aromatic heterocycles. The molecule has 0 fully saturated rings. The summed E-state index contributed by atoms with van der Waals surface area (Å²) < 4.78 is 0. The van der Waals surface area contributed by atoms with Crippen LogP contribution in [0, 0.1) is 11.8 Å². The van der Waals surface area contributed by atoms with Crippen molar-refractivity contribution >= 4 is 41.4 Å². The number of rotatable bonds is 15. The highest BCUT2D eigenvalue weighted by Crippen LogP contribution is 2.12. The number of carbonyl (C=O) groups excluding carboxylic acids is 4. The molecule has 0 saturated carbocycles. The summed E-state index contributed by atoms with van der Waals surface area (Å²) in [5.41, 5.74) is 10.7. The molecule has 5 unspecified atom stereocenters. The van der Waals surface area contributed by atoms with Crippen LogP contribution in [-0.4, -0.2) is 70.9 Å². The molecule has 0 bridgehead atoms. The molecule has 0 aliphatic carbocycles. The SMILES string of the molecule is CCC(C)C(NC(=O)C(NC(=O)C(N)CC(N)=O)C(C)C)C(=O)NC(CCSC)C(=O)O. The van der Waals surface area contributed by atoms with Crippen molar-refractivity contribution in [3.8, 4) is 0 Å². The van der Waals surface area contributed by atoms with E-state index in [1.807, 2.05) is 13.2 Å². The van der Waals surface area contributed by atoms with E-state index in [0.29, 0.717) is 12.2 Å². The molecule has 0 aromatic carbocycles. The zero-order chi connectivity index (χ0) is 25.0. The van der Waals surface area contributed by atoms with E-state index in [-0.39, 0.29) is 24.7 Å². The van der Waals surface area contributed by atoms with E-state index in [9.17, 15) is 29.1 Å². The van der Waals surface area contributed by atoms with Gasteiger partial charge in [0.2, 0.25) is 23.6 Å². The molecule has 0 spiro atoms. The number of hydrogen-bond donors (Lipinski definition) is 6. The Morgan fingerprint density at radius 2 is 1.47 bits per heavy atom. The topological polar surface area (TPSA) is 194 Å². The van der Waals surface area contributed by atoms with Gasteiger partial charge in [-0.15, -0.1) is 0 Å². The maximum Gasteiger partial charge on any atom is 0.326 e. The molecule has 0 aliphatic rings. The number of hydrogen-bond acceptors (Lipinski definition) is 7. The quantitative estimate of drug-likeness (QED) is 0.177. The van der Waals surface area contributed by atoms with E-state index >= 15 is 0 Å². The van der Waals surface area contributed by atoms with Crippen LogP contribution in [0.15, 0.2) is 0 Å². The molecular weight excluding hydrogens is 438 g/mol. The summed E-state index contributed by atoms with van der Waals surface area (Å²) in [6.45, 7) is 6.99. The molecule has 0 aromatic rings. The highest BCUT2D eigenvalue weighted by Gasteiger charge is 2.33. The van der Waals surface area contributed by atoms with Crippen molar-refractivity contribution in [1.29, 1.82) is 0 Å². The van der Waals surface area contributed by atoms with E-state index in [0.717, 1.165) is 0 Å². The first-order chi connectivity index (χ1) is 14.8. The van der Waals surface area contributed by atoms with Crippen molar-refractivity contribution in [2.75, 3.05) is 12.0 Å². The van der Waals surface area contributed by atoms with Crippen LogP contribution in [0.4, 0.5) is 0 Å². The van der Waals surface area contributed by atoms with Crippen LogP contribution < -0.4 is 27.4 Å². The maximum atomic E-state index is 12.9. The van der Waals surface area contributed by atoms with E-state index in [1.54, 1.807) is 20.8 Å². The highest BCUT2D eigenvalue weighted by atomic mass is 32.2. The van der Waals surface area contributed by atoms with Crippen LogP contribution in [0.1, 0.15) is 47.0 Å². The monoisotopic (exact) mass is 475 g/mol. The smallest absolute Gasteiger partial charge is 0.326 e. The Labute approximate surface area is 193 Å². The molecule has 0 aliphatic heterocycles. The fourth-order valence-electron chi connectivity index (χ4n) is 2.80. The van der Waals surface area contributed by atoms with Crippen molar-refractivity contribution in [3.05, 3.63) is 0 Å². The Morgan fingerprint density at radius 3 is 1.91 bits per heavy atom. The van der Waals surface area contributed by atoms with Gasteiger partial charge in [-0.25, -0.2) is 4.79 Å². The Balaban J connectivity index is 5.45. The van der Waals surface area contributed by atoms with Gasteiger partial charge in [0.15, 0.2) is 0 Å². The Kier molecular flexibility index (Phi) is 13.6. The Morgan fingerprint density at radius 1 is 0.938 bits per heavy atom. The second-order valence-electron chi connectivity index (χ2n) is 8.06. The Hall–Kier alpha value is -2.34. The molecule has 0 saturated heterocycles. The third kappa shape index (κ3) is 10.3. The van der Waals surface area contributed by atoms with Crippen LogP contribution in [0.2, 0.25) is 0 Å². The van der Waals surface area contributed by atoms with Gasteiger partial charge in [-0.3, -0.25) is 19.2 Å². The number of nitrogens with one attached hydrogen (secondary N) is 3. The van der Waals surface area contributed by atoms with Gasteiger partial charge in [0.05, 0.1) is 12.5 Å². The molecule has 12 heteroatoms. The second kappa shape index (κ2) is 14.7. The number of carboxylic acids is 1. The fourth-order valence-corrected chi connectivity index (χ4v) is 3.28. The number of carbonyl (C=O) groups is 5. The lowest BCUT2D eigenvalue weighted by atomic mass is 9.96. The largest absolute Gasteiger partial charge is 0.480 e. The molecular formula is C20H37N5O6S. The first-order valence-electron chi connectivity index (χ1n) is 10.5. The normalized spacial score (nSPS) is 15.7. The van der Waals surface area contributed by atoms with E-state index in [2.05, 4.69) is 16.0 Å². The zero-order valence-electron chi connectivity index (χ0n) is 19.3. The number of carboxylic acid groups (broad SMARTS) is 1. The molecule has 4 amide bonds. The minimum Gasteiger partial charge on any atom is -0.480 e. The minimum atomic E-state index is -1.21. The first-order valence-corrected chi connectivity index (χ1v) is 11.9. The van der Waals surface area contributed by atoms with Crippen molar-refractivity contribution in [1.82, 2.24) is 16.0 Å². The summed E-state index contributed by atoms with van der Waals surface area (Å²) in [7, 11) is 0. The van der Waals surface area contributed by atoms with Crippen molar-refractivity contribution in [2.45, 2.75) is 71.1 Å². The lowest BCUT2D eigenvalue weighted by Crippen LogP contribution is -2.60. The number of amides is 4. The number of nitrogens with two attached hydrogens (primary N) is 2. The van der Waals surface area contributed by atoms with Crippen LogP contribution in [0.5, 0.6) is 0 Å². The summed E-state index contributed by atoms with van der Waals surface area (Å²) in [4.78, 5) is 60.5. The van der Waals surface area contributed by atoms with Gasteiger partial charge in [-0.1, -0.05) is 34.1 Å². The van der Waals surface area contributed by atoms with Gasteiger partial charge >= 0.3 is 5.97 Å². The standard InChI is InChI=1S/C20H37N5O6S/c1-6-11(4)16(19(29)23-13(20(30)31)7-8-32-5)25-18(28)15(10(2)3)24-17(27)12(21)9-14(22)26/h10-13,15-16H,6-9,21H2,1-5H3,(H2,22,26)(H,23,29)(H,24,27)(H,25,28)(H,30,31). The van der Waals surface area contributed by atoms with Gasteiger partial charge in [0.25, 0.3) is 0 Å². The number of aliphatic carboxylic acids is 1. The lowest BCUT2D eigenvalue weighted by molar-refractivity contribution is -0.142. The second-order valence-corrected chi connectivity index (χ2v) is 9.05. The van der Waals surface area contributed by atoms with Crippen molar-refractivity contribution < 1.29 is 29.1 Å². The van der Waals surface area contributed by atoms with Crippen LogP contribution >= 0.6 is 11.8 Å². The van der Waals surface area contributed by atoms with Crippen LogP contribution in [0.25, 0.3) is 0 Å². The predicted molar refractivity (Wildman–Crippen MR) is 123 cm³/mol. The maximum absolute atomic E-state index is 12.9. The number of thioether (sulfide) groups is 1. The summed E-state index contributed by atoms with van der Waals surface area (Å²) in [6, 6.07) is -4.30. The molecule has 0 heterocycles. The van der Waals surface area contributed by atoms with Gasteiger partial charge in [-0.05, 0) is 30.3 Å². The lowest BCUT2D eigenvalue weighted by Gasteiger charge is -2.29. The molecule has 184 valence electrons.